The highest BCUT2D eigenvalue weighted by atomic mass is 15.1. The van der Waals surface area contributed by atoms with Gasteiger partial charge in [-0.15, -0.1) is 0 Å². The molecule has 0 atom stereocenters. The van der Waals surface area contributed by atoms with Gasteiger partial charge in [0, 0.05) is 16.9 Å². The largest absolute Gasteiger partial charge is 0.310 e. The van der Waals surface area contributed by atoms with Gasteiger partial charge in [-0.25, -0.2) is 0 Å². The molecule has 0 bridgehead atoms. The summed E-state index contributed by atoms with van der Waals surface area (Å²) in [5, 5.41) is 5.07. The molecule has 1 aliphatic rings. The maximum Gasteiger partial charge on any atom is 0.0713 e. The van der Waals surface area contributed by atoms with Crippen LogP contribution >= 0.6 is 0 Å². The minimum absolute atomic E-state index is 0.509. The summed E-state index contributed by atoms with van der Waals surface area (Å²) in [4.78, 5) is 2.44. The van der Waals surface area contributed by atoms with Crippen molar-refractivity contribution in [1.29, 1.82) is 0 Å². The molecular formula is C63H43N. The number of hydrogen-bond acceptors (Lipinski definition) is 1. The zero-order valence-electron chi connectivity index (χ0n) is 35.3. The molecule has 300 valence electrons. The van der Waals surface area contributed by atoms with Gasteiger partial charge >= 0.3 is 0 Å². The molecule has 1 nitrogen and oxygen atoms in total. The Kier molecular flexibility index (Phi) is 9.13. The lowest BCUT2D eigenvalue weighted by molar-refractivity contribution is 0.768. The predicted octanol–water partition coefficient (Wildman–Crippen LogP) is 16.8. The summed E-state index contributed by atoms with van der Waals surface area (Å²) in [7, 11) is 0. The van der Waals surface area contributed by atoms with E-state index in [0.717, 1.165) is 17.1 Å². The molecular weight excluding hydrogens is 771 g/mol. The summed E-state index contributed by atoms with van der Waals surface area (Å²) < 4.78 is 0. The van der Waals surface area contributed by atoms with Gasteiger partial charge in [0.2, 0.25) is 0 Å². The van der Waals surface area contributed by atoms with E-state index in [2.05, 4.69) is 266 Å². The molecule has 0 aromatic heterocycles. The molecule has 64 heavy (non-hydrogen) atoms. The van der Waals surface area contributed by atoms with Crippen LogP contribution in [0.3, 0.4) is 0 Å². The summed E-state index contributed by atoms with van der Waals surface area (Å²) >= 11 is 0. The number of benzene rings is 11. The van der Waals surface area contributed by atoms with E-state index in [1.54, 1.807) is 0 Å². The van der Waals surface area contributed by atoms with Crippen molar-refractivity contribution in [1.82, 2.24) is 0 Å². The Labute approximate surface area is 374 Å². The van der Waals surface area contributed by atoms with E-state index in [1.807, 2.05) is 0 Å². The van der Waals surface area contributed by atoms with Crippen molar-refractivity contribution in [2.24, 2.45) is 0 Å². The van der Waals surface area contributed by atoms with Crippen LogP contribution in [-0.2, 0) is 5.41 Å². The first-order chi connectivity index (χ1) is 31.8. The maximum atomic E-state index is 2.44. The van der Waals surface area contributed by atoms with Crippen LogP contribution in [0.25, 0.3) is 66.1 Å². The fraction of sp³-hybridized carbons (Fsp3) is 0.0159. The van der Waals surface area contributed by atoms with Gasteiger partial charge in [0.1, 0.15) is 0 Å². The van der Waals surface area contributed by atoms with Crippen molar-refractivity contribution in [3.63, 3.8) is 0 Å². The number of fused-ring (bicyclic) bond motifs is 6. The number of anilines is 3. The minimum atomic E-state index is -0.509. The van der Waals surface area contributed by atoms with Crippen LogP contribution in [-0.4, -0.2) is 0 Å². The van der Waals surface area contributed by atoms with Gasteiger partial charge in [0.15, 0.2) is 0 Å². The van der Waals surface area contributed by atoms with Gasteiger partial charge in [-0.3, -0.25) is 0 Å². The highest BCUT2D eigenvalue weighted by Gasteiger charge is 2.47. The Morgan fingerprint density at radius 3 is 1.58 bits per heavy atom. The second-order valence-corrected chi connectivity index (χ2v) is 16.8. The maximum absolute atomic E-state index is 2.44. The van der Waals surface area contributed by atoms with Crippen molar-refractivity contribution < 1.29 is 0 Å². The van der Waals surface area contributed by atoms with Crippen LogP contribution in [0.15, 0.2) is 261 Å². The molecule has 0 amide bonds. The molecule has 11 aromatic rings. The Hall–Kier alpha value is -8.26. The van der Waals surface area contributed by atoms with E-state index in [4.69, 9.17) is 0 Å². The molecule has 1 aliphatic carbocycles. The molecule has 0 fully saturated rings. The van der Waals surface area contributed by atoms with Crippen LogP contribution < -0.4 is 4.90 Å². The smallest absolute Gasteiger partial charge is 0.0713 e. The average molecular weight is 814 g/mol. The summed E-state index contributed by atoms with van der Waals surface area (Å²) in [5.74, 6) is 0. The van der Waals surface area contributed by atoms with Crippen LogP contribution in [0, 0.1) is 0 Å². The van der Waals surface area contributed by atoms with E-state index >= 15 is 0 Å². The number of hydrogen-bond donors (Lipinski definition) is 0. The molecule has 1 heteroatoms. The molecule has 0 N–H and O–H groups in total. The lowest BCUT2D eigenvalue weighted by atomic mass is 9.67. The molecule has 0 aliphatic heterocycles. The van der Waals surface area contributed by atoms with Crippen LogP contribution in [0.1, 0.15) is 22.3 Å². The van der Waals surface area contributed by atoms with Gasteiger partial charge < -0.3 is 4.90 Å². The Bertz CT molecular complexity index is 3430. The standard InChI is InChI=1S/C63H43N/c1-5-19-44(20-6-1)47-38-42-61(64(50-26-11-4-12-27-50)51-39-35-46(36-40-51)53-30-17-31-54-52-28-14-13-21-45(52)37-41-55(53)54)58(43-47)56-32-18-34-60-62(56)57-29-15-16-33-59(57)63(60,48-22-7-2-8-23-48)49-24-9-3-10-25-49/h1-43H. The Morgan fingerprint density at radius 1 is 0.281 bits per heavy atom. The first-order valence-corrected chi connectivity index (χ1v) is 22.2. The number of para-hydroxylation sites is 1. The highest BCUT2D eigenvalue weighted by molar-refractivity contribution is 6.12. The summed E-state index contributed by atoms with van der Waals surface area (Å²) in [6.45, 7) is 0. The zero-order valence-corrected chi connectivity index (χ0v) is 35.3. The summed E-state index contributed by atoms with van der Waals surface area (Å²) in [6.07, 6.45) is 0. The third-order valence-corrected chi connectivity index (χ3v) is 13.4. The first kappa shape index (κ1) is 37.5. The molecule has 0 spiro atoms. The normalized spacial score (nSPS) is 12.5. The first-order valence-electron chi connectivity index (χ1n) is 22.2. The average Bonchev–Trinajstić information content (AvgIpc) is 3.69. The zero-order chi connectivity index (χ0) is 42.5. The van der Waals surface area contributed by atoms with E-state index in [-0.39, 0.29) is 0 Å². The number of nitrogens with zero attached hydrogens (tertiary/aromatic N) is 1. The van der Waals surface area contributed by atoms with Crippen molar-refractivity contribution in [3.05, 3.63) is 283 Å². The molecule has 11 aromatic carbocycles. The Balaban J connectivity index is 1.09. The highest BCUT2D eigenvalue weighted by Crippen LogP contribution is 2.59. The molecule has 12 rings (SSSR count). The summed E-state index contributed by atoms with van der Waals surface area (Å²) in [5.41, 5.74) is 17.6. The molecule has 0 unspecified atom stereocenters. The fourth-order valence-electron chi connectivity index (χ4n) is 10.6. The topological polar surface area (TPSA) is 3.24 Å². The van der Waals surface area contributed by atoms with Crippen molar-refractivity contribution >= 4 is 38.6 Å². The van der Waals surface area contributed by atoms with Gasteiger partial charge in [-0.2, -0.15) is 0 Å². The third-order valence-electron chi connectivity index (χ3n) is 13.4. The second-order valence-electron chi connectivity index (χ2n) is 16.8. The molecule has 0 heterocycles. The summed E-state index contributed by atoms with van der Waals surface area (Å²) in [6, 6.07) is 95.9. The lowest BCUT2D eigenvalue weighted by Crippen LogP contribution is -2.28. The second kappa shape index (κ2) is 15.6. The van der Waals surface area contributed by atoms with Crippen LogP contribution in [0.5, 0.6) is 0 Å². The molecule has 0 saturated carbocycles. The van der Waals surface area contributed by atoms with Crippen molar-refractivity contribution in [2.45, 2.75) is 5.41 Å². The minimum Gasteiger partial charge on any atom is -0.310 e. The van der Waals surface area contributed by atoms with E-state index in [0.29, 0.717) is 0 Å². The van der Waals surface area contributed by atoms with E-state index in [9.17, 15) is 0 Å². The van der Waals surface area contributed by atoms with Crippen molar-refractivity contribution in [2.75, 3.05) is 4.90 Å². The Morgan fingerprint density at radius 2 is 0.828 bits per heavy atom. The molecule has 0 saturated heterocycles. The monoisotopic (exact) mass is 813 g/mol. The van der Waals surface area contributed by atoms with Crippen molar-refractivity contribution in [3.8, 4) is 44.5 Å². The number of rotatable bonds is 8. The quantitative estimate of drug-likeness (QED) is 0.138. The van der Waals surface area contributed by atoms with Gasteiger partial charge in [0.05, 0.1) is 11.1 Å². The SMILES string of the molecule is c1ccc(-c2ccc(N(c3ccccc3)c3ccc(-c4cccc5c4ccc4ccccc45)cc3)c(-c3cccc4c3-c3ccccc3C4(c3ccccc3)c3ccccc3)c2)cc1. The fourth-order valence-corrected chi connectivity index (χ4v) is 10.6. The van der Waals surface area contributed by atoms with Crippen LogP contribution in [0.2, 0.25) is 0 Å². The van der Waals surface area contributed by atoms with E-state index in [1.165, 1.54) is 88.3 Å². The third kappa shape index (κ3) is 6.01. The lowest BCUT2D eigenvalue weighted by Gasteiger charge is -2.34. The molecule has 0 radical (unpaired) electrons. The van der Waals surface area contributed by atoms with Gasteiger partial charge in [-0.1, -0.05) is 224 Å². The van der Waals surface area contributed by atoms with Gasteiger partial charge in [0.25, 0.3) is 0 Å². The predicted molar refractivity (Wildman–Crippen MR) is 270 cm³/mol. The van der Waals surface area contributed by atoms with Crippen LogP contribution in [0.4, 0.5) is 17.1 Å². The van der Waals surface area contributed by atoms with E-state index < -0.39 is 5.41 Å². The van der Waals surface area contributed by atoms with Gasteiger partial charge in [-0.05, 0) is 119 Å².